The van der Waals surface area contributed by atoms with E-state index in [-0.39, 0.29) is 11.3 Å². The molecule has 0 aliphatic carbocycles. The number of carbonyl (C=O) groups is 1. The predicted octanol–water partition coefficient (Wildman–Crippen LogP) is 3.87. The van der Waals surface area contributed by atoms with Gasteiger partial charge < -0.3 is 19.7 Å². The molecule has 2 aromatic carbocycles. The minimum atomic E-state index is -0.212. The van der Waals surface area contributed by atoms with Gasteiger partial charge in [0, 0.05) is 24.8 Å². The highest BCUT2D eigenvalue weighted by Gasteiger charge is 2.24. The van der Waals surface area contributed by atoms with Crippen molar-refractivity contribution in [2.75, 3.05) is 41.4 Å². The van der Waals surface area contributed by atoms with Crippen LogP contribution < -0.4 is 14.8 Å². The molecule has 1 heterocycles. The van der Waals surface area contributed by atoms with E-state index in [0.29, 0.717) is 23.7 Å². The summed E-state index contributed by atoms with van der Waals surface area (Å²) in [6, 6.07) is 15.3. The molecule has 0 atom stereocenters. The molecule has 32 heavy (non-hydrogen) atoms. The van der Waals surface area contributed by atoms with Crippen LogP contribution >= 0.6 is 0 Å². The molecule has 7 nitrogen and oxygen atoms in total. The predicted molar refractivity (Wildman–Crippen MR) is 127 cm³/mol. The largest absolute Gasteiger partial charge is 0.493 e. The number of ether oxygens (including phenoxy) is 2. The van der Waals surface area contributed by atoms with Crippen LogP contribution in [-0.4, -0.2) is 62.0 Å². The Kier molecular flexibility index (Phi) is 7.20. The lowest BCUT2D eigenvalue weighted by atomic mass is 9.93. The Bertz CT molecular complexity index is 1060. The monoisotopic (exact) mass is 436 g/mol. The average Bonchev–Trinajstić information content (AvgIpc) is 3.22. The van der Waals surface area contributed by atoms with Gasteiger partial charge in [-0.2, -0.15) is 5.10 Å². The minimum absolute atomic E-state index is 0.0787. The quantitative estimate of drug-likeness (QED) is 0.551. The zero-order valence-electron chi connectivity index (χ0n) is 19.7. The van der Waals surface area contributed by atoms with Gasteiger partial charge in [-0.15, -0.1) is 0 Å². The first-order chi connectivity index (χ1) is 15.2. The third-order valence-corrected chi connectivity index (χ3v) is 5.12. The number of amides is 1. The summed E-state index contributed by atoms with van der Waals surface area (Å²) < 4.78 is 12.5. The molecule has 0 saturated heterocycles. The molecule has 0 aliphatic rings. The maximum Gasteiger partial charge on any atom is 0.272 e. The number of para-hydroxylation sites is 1. The summed E-state index contributed by atoms with van der Waals surface area (Å²) in [5, 5.41) is 7.71. The van der Waals surface area contributed by atoms with Gasteiger partial charge in [-0.05, 0) is 49.3 Å². The first-order valence-corrected chi connectivity index (χ1v) is 10.5. The number of carbonyl (C=O) groups excluding carboxylic acids is 1. The SMILES string of the molecule is COc1ccc(-c2cn(-c3ccccc3)nc2C(=O)NCC(C)(C)CN(C)C)cc1OC. The van der Waals surface area contributed by atoms with Crippen molar-refractivity contribution in [3.8, 4) is 28.3 Å². The van der Waals surface area contributed by atoms with E-state index >= 15 is 0 Å². The van der Waals surface area contributed by atoms with Crippen LogP contribution in [0.5, 0.6) is 11.5 Å². The minimum Gasteiger partial charge on any atom is -0.493 e. The second-order valence-corrected chi connectivity index (χ2v) is 8.83. The van der Waals surface area contributed by atoms with Crippen molar-refractivity contribution in [1.82, 2.24) is 20.0 Å². The summed E-state index contributed by atoms with van der Waals surface area (Å²) in [5.74, 6) is 1.01. The van der Waals surface area contributed by atoms with Crippen molar-refractivity contribution < 1.29 is 14.3 Å². The maximum absolute atomic E-state index is 13.2. The average molecular weight is 437 g/mol. The smallest absolute Gasteiger partial charge is 0.272 e. The zero-order valence-corrected chi connectivity index (χ0v) is 19.7. The van der Waals surface area contributed by atoms with E-state index in [9.17, 15) is 4.79 Å². The Morgan fingerprint density at radius 3 is 2.38 bits per heavy atom. The summed E-state index contributed by atoms with van der Waals surface area (Å²) in [7, 11) is 7.25. The molecular weight excluding hydrogens is 404 g/mol. The highest BCUT2D eigenvalue weighted by atomic mass is 16.5. The van der Waals surface area contributed by atoms with Crippen LogP contribution in [0.3, 0.4) is 0 Å². The molecule has 1 aromatic heterocycles. The van der Waals surface area contributed by atoms with Gasteiger partial charge in [0.2, 0.25) is 0 Å². The van der Waals surface area contributed by atoms with E-state index in [0.717, 1.165) is 23.4 Å². The van der Waals surface area contributed by atoms with Crippen molar-refractivity contribution >= 4 is 5.91 Å². The fourth-order valence-electron chi connectivity index (χ4n) is 3.78. The highest BCUT2D eigenvalue weighted by Crippen LogP contribution is 2.34. The molecule has 0 aliphatic heterocycles. The Morgan fingerprint density at radius 2 is 1.75 bits per heavy atom. The molecule has 1 amide bonds. The topological polar surface area (TPSA) is 68.6 Å². The standard InChI is InChI=1S/C25H32N4O3/c1-25(2,17-28(3)4)16-26-24(30)23-20(15-29(27-23)19-10-8-7-9-11-19)18-12-13-21(31-5)22(14-18)32-6/h7-15H,16-17H2,1-6H3,(H,26,30). The number of nitrogens with one attached hydrogen (secondary N) is 1. The van der Waals surface area contributed by atoms with E-state index in [2.05, 4.69) is 29.2 Å². The summed E-state index contributed by atoms with van der Waals surface area (Å²) in [6.45, 7) is 5.65. The Balaban J connectivity index is 1.99. The van der Waals surface area contributed by atoms with Crippen molar-refractivity contribution in [3.05, 3.63) is 60.4 Å². The van der Waals surface area contributed by atoms with Gasteiger partial charge in [0.25, 0.3) is 5.91 Å². The van der Waals surface area contributed by atoms with E-state index in [1.165, 1.54) is 0 Å². The molecule has 3 aromatic rings. The third kappa shape index (κ3) is 5.48. The van der Waals surface area contributed by atoms with Crippen LogP contribution in [0.1, 0.15) is 24.3 Å². The lowest BCUT2D eigenvalue weighted by molar-refractivity contribution is 0.0924. The fraction of sp³-hybridized carbons (Fsp3) is 0.360. The van der Waals surface area contributed by atoms with Gasteiger partial charge in [0.1, 0.15) is 0 Å². The molecule has 0 unspecified atom stereocenters. The van der Waals surface area contributed by atoms with Gasteiger partial charge in [-0.3, -0.25) is 4.79 Å². The van der Waals surface area contributed by atoms with E-state index in [1.807, 2.05) is 68.8 Å². The Morgan fingerprint density at radius 1 is 1.06 bits per heavy atom. The maximum atomic E-state index is 13.2. The highest BCUT2D eigenvalue weighted by molar-refractivity contribution is 5.99. The molecule has 0 fully saturated rings. The molecule has 1 N–H and O–H groups in total. The van der Waals surface area contributed by atoms with Gasteiger partial charge in [0.05, 0.1) is 19.9 Å². The van der Waals surface area contributed by atoms with Crippen molar-refractivity contribution in [2.24, 2.45) is 5.41 Å². The summed E-state index contributed by atoms with van der Waals surface area (Å²) >= 11 is 0. The number of aromatic nitrogens is 2. The van der Waals surface area contributed by atoms with Crippen molar-refractivity contribution in [3.63, 3.8) is 0 Å². The molecule has 170 valence electrons. The molecule has 0 saturated carbocycles. The number of rotatable bonds is 9. The van der Waals surface area contributed by atoms with E-state index in [4.69, 9.17) is 9.47 Å². The van der Waals surface area contributed by atoms with Crippen LogP contribution in [0.2, 0.25) is 0 Å². The third-order valence-electron chi connectivity index (χ3n) is 5.12. The lowest BCUT2D eigenvalue weighted by Gasteiger charge is -2.28. The summed E-state index contributed by atoms with van der Waals surface area (Å²) in [4.78, 5) is 15.4. The first kappa shape index (κ1) is 23.3. The molecule has 3 rings (SSSR count). The van der Waals surface area contributed by atoms with E-state index < -0.39 is 0 Å². The Labute approximate surface area is 190 Å². The number of hydrogen-bond donors (Lipinski definition) is 1. The number of hydrogen-bond acceptors (Lipinski definition) is 5. The van der Waals surface area contributed by atoms with Gasteiger partial charge >= 0.3 is 0 Å². The normalized spacial score (nSPS) is 11.5. The number of methoxy groups -OCH3 is 2. The molecule has 0 bridgehead atoms. The number of nitrogens with zero attached hydrogens (tertiary/aromatic N) is 3. The molecule has 0 spiro atoms. The van der Waals surface area contributed by atoms with Crippen LogP contribution in [-0.2, 0) is 0 Å². The second kappa shape index (κ2) is 9.87. The van der Waals surface area contributed by atoms with Crippen LogP contribution in [0.25, 0.3) is 16.8 Å². The lowest BCUT2D eigenvalue weighted by Crippen LogP contribution is -2.40. The van der Waals surface area contributed by atoms with Crippen LogP contribution in [0.15, 0.2) is 54.7 Å². The fourth-order valence-corrected chi connectivity index (χ4v) is 3.78. The summed E-state index contributed by atoms with van der Waals surface area (Å²) in [5.41, 5.74) is 2.70. The molecule has 0 radical (unpaired) electrons. The van der Waals surface area contributed by atoms with Gasteiger partial charge in [-0.1, -0.05) is 38.1 Å². The van der Waals surface area contributed by atoms with Crippen molar-refractivity contribution in [1.29, 1.82) is 0 Å². The van der Waals surface area contributed by atoms with Crippen LogP contribution in [0, 0.1) is 5.41 Å². The van der Waals surface area contributed by atoms with Gasteiger partial charge in [0.15, 0.2) is 17.2 Å². The van der Waals surface area contributed by atoms with E-state index in [1.54, 1.807) is 18.9 Å². The molecular formula is C25H32N4O3. The molecule has 7 heteroatoms. The van der Waals surface area contributed by atoms with Crippen LogP contribution in [0.4, 0.5) is 0 Å². The second-order valence-electron chi connectivity index (χ2n) is 8.83. The Hall–Kier alpha value is -3.32. The zero-order chi connectivity index (χ0) is 23.3. The van der Waals surface area contributed by atoms with Crippen molar-refractivity contribution in [2.45, 2.75) is 13.8 Å². The summed E-state index contributed by atoms with van der Waals surface area (Å²) in [6.07, 6.45) is 1.87. The van der Waals surface area contributed by atoms with Gasteiger partial charge in [-0.25, -0.2) is 4.68 Å². The number of benzene rings is 2. The first-order valence-electron chi connectivity index (χ1n) is 10.5.